The van der Waals surface area contributed by atoms with Crippen LogP contribution in [0.2, 0.25) is 5.02 Å². The molecule has 5 nitrogen and oxygen atoms in total. The lowest BCUT2D eigenvalue weighted by Gasteiger charge is -2.10. The quantitative estimate of drug-likeness (QED) is 0.668. The van der Waals surface area contributed by atoms with Crippen molar-refractivity contribution >= 4 is 29.1 Å². The Balaban J connectivity index is 1.75. The van der Waals surface area contributed by atoms with Crippen LogP contribution in [0.5, 0.6) is 5.75 Å². The lowest BCUT2D eigenvalue weighted by molar-refractivity contribution is -0.124. The van der Waals surface area contributed by atoms with E-state index in [9.17, 15) is 9.59 Å². The highest BCUT2D eigenvalue weighted by molar-refractivity contribution is 6.31. The predicted octanol–water partition coefficient (Wildman–Crippen LogP) is 4.41. The van der Waals surface area contributed by atoms with Crippen LogP contribution < -0.4 is 15.4 Å². The SMILES string of the molecule is CC(C)CCC(=O)NCC(=O)Nc1ccc(OCc2ccccc2Cl)cc1. The largest absolute Gasteiger partial charge is 0.489 e. The van der Waals surface area contributed by atoms with E-state index in [0.29, 0.717) is 35.4 Å². The molecule has 0 fully saturated rings. The minimum atomic E-state index is -0.266. The Morgan fingerprint density at radius 2 is 1.74 bits per heavy atom. The number of carbonyl (C=O) groups excluding carboxylic acids is 2. The fourth-order valence-corrected chi connectivity index (χ4v) is 2.49. The predicted molar refractivity (Wildman–Crippen MR) is 108 cm³/mol. The first-order valence-corrected chi connectivity index (χ1v) is 9.34. The van der Waals surface area contributed by atoms with Crippen LogP contribution in [0, 0.1) is 5.92 Å². The van der Waals surface area contributed by atoms with E-state index in [2.05, 4.69) is 24.5 Å². The minimum Gasteiger partial charge on any atom is -0.489 e. The molecule has 2 N–H and O–H groups in total. The minimum absolute atomic E-state index is 0.0400. The Kier molecular flexibility index (Phi) is 8.14. The van der Waals surface area contributed by atoms with Gasteiger partial charge in [0.2, 0.25) is 11.8 Å². The Morgan fingerprint density at radius 1 is 1.04 bits per heavy atom. The van der Waals surface area contributed by atoms with Gasteiger partial charge in [0.25, 0.3) is 0 Å². The van der Waals surface area contributed by atoms with Crippen LogP contribution in [0.25, 0.3) is 0 Å². The fourth-order valence-electron chi connectivity index (χ4n) is 2.30. The number of benzene rings is 2. The van der Waals surface area contributed by atoms with E-state index in [1.165, 1.54) is 0 Å². The summed E-state index contributed by atoms with van der Waals surface area (Å²) >= 11 is 6.10. The summed E-state index contributed by atoms with van der Waals surface area (Å²) in [6, 6.07) is 14.6. The number of hydrogen-bond donors (Lipinski definition) is 2. The normalized spacial score (nSPS) is 10.5. The summed E-state index contributed by atoms with van der Waals surface area (Å²) in [7, 11) is 0. The van der Waals surface area contributed by atoms with Gasteiger partial charge in [-0.25, -0.2) is 0 Å². The van der Waals surface area contributed by atoms with Crippen molar-refractivity contribution in [2.24, 2.45) is 5.92 Å². The number of rotatable bonds is 9. The van der Waals surface area contributed by atoms with Crippen molar-refractivity contribution in [1.82, 2.24) is 5.32 Å². The highest BCUT2D eigenvalue weighted by atomic mass is 35.5. The Labute approximate surface area is 165 Å². The average molecular weight is 389 g/mol. The van der Waals surface area contributed by atoms with Crippen molar-refractivity contribution < 1.29 is 14.3 Å². The Hall–Kier alpha value is -2.53. The second kappa shape index (κ2) is 10.6. The topological polar surface area (TPSA) is 67.4 Å². The van der Waals surface area contributed by atoms with Crippen molar-refractivity contribution in [3.8, 4) is 5.75 Å². The van der Waals surface area contributed by atoms with Gasteiger partial charge >= 0.3 is 0 Å². The van der Waals surface area contributed by atoms with Gasteiger partial charge in [-0.15, -0.1) is 0 Å². The molecule has 0 bridgehead atoms. The molecule has 0 aliphatic rings. The summed E-state index contributed by atoms with van der Waals surface area (Å²) in [5.41, 5.74) is 1.55. The standard InChI is InChI=1S/C21H25ClN2O3/c1-15(2)7-12-20(25)23-13-21(26)24-17-8-10-18(11-9-17)27-14-16-5-3-4-6-19(16)22/h3-6,8-11,15H,7,12-14H2,1-2H3,(H,23,25)(H,24,26). The van der Waals surface area contributed by atoms with Gasteiger partial charge in [-0.1, -0.05) is 43.6 Å². The molecule has 0 aliphatic heterocycles. The molecule has 6 heteroatoms. The molecule has 2 aromatic carbocycles. The number of carbonyl (C=O) groups is 2. The van der Waals surface area contributed by atoms with Gasteiger partial charge in [0.15, 0.2) is 0 Å². The molecule has 0 aliphatic carbocycles. The number of amides is 2. The van der Waals surface area contributed by atoms with Crippen LogP contribution in [-0.2, 0) is 16.2 Å². The van der Waals surface area contributed by atoms with Gasteiger partial charge in [-0.2, -0.15) is 0 Å². The van der Waals surface area contributed by atoms with E-state index in [4.69, 9.17) is 16.3 Å². The van der Waals surface area contributed by atoms with Gasteiger partial charge in [0.05, 0.1) is 6.54 Å². The van der Waals surface area contributed by atoms with Crippen LogP contribution in [0.3, 0.4) is 0 Å². The fraction of sp³-hybridized carbons (Fsp3) is 0.333. The average Bonchev–Trinajstić information content (AvgIpc) is 2.65. The van der Waals surface area contributed by atoms with Gasteiger partial charge in [0.1, 0.15) is 12.4 Å². The first-order valence-electron chi connectivity index (χ1n) is 8.97. The molecule has 2 amide bonds. The maximum absolute atomic E-state index is 11.9. The molecule has 144 valence electrons. The first kappa shape index (κ1) is 20.8. The maximum Gasteiger partial charge on any atom is 0.243 e. The summed E-state index contributed by atoms with van der Waals surface area (Å²) in [6.07, 6.45) is 1.24. The van der Waals surface area contributed by atoms with Crippen LogP contribution in [-0.4, -0.2) is 18.4 Å². The number of anilines is 1. The van der Waals surface area contributed by atoms with E-state index in [0.717, 1.165) is 12.0 Å². The Bertz CT molecular complexity index is 760. The van der Waals surface area contributed by atoms with Crippen LogP contribution in [0.1, 0.15) is 32.3 Å². The van der Waals surface area contributed by atoms with Gasteiger partial charge in [-0.3, -0.25) is 9.59 Å². The molecule has 0 saturated carbocycles. The summed E-state index contributed by atoms with van der Waals surface area (Å²) in [4.78, 5) is 23.6. The van der Waals surface area contributed by atoms with E-state index in [1.807, 2.05) is 24.3 Å². The molecule has 0 unspecified atom stereocenters. The molecule has 27 heavy (non-hydrogen) atoms. The smallest absolute Gasteiger partial charge is 0.243 e. The number of halogens is 1. The van der Waals surface area contributed by atoms with Gasteiger partial charge in [-0.05, 0) is 42.7 Å². The van der Waals surface area contributed by atoms with E-state index < -0.39 is 0 Å². The second-order valence-electron chi connectivity index (χ2n) is 6.66. The zero-order chi connectivity index (χ0) is 19.6. The Morgan fingerprint density at radius 3 is 2.41 bits per heavy atom. The van der Waals surface area contributed by atoms with Crippen molar-refractivity contribution in [2.45, 2.75) is 33.3 Å². The van der Waals surface area contributed by atoms with E-state index in [-0.39, 0.29) is 18.4 Å². The summed E-state index contributed by atoms with van der Waals surface area (Å²) in [5.74, 6) is 0.762. The molecule has 0 saturated heterocycles. The molecule has 0 radical (unpaired) electrons. The molecule has 0 aromatic heterocycles. The molecule has 2 rings (SSSR count). The van der Waals surface area contributed by atoms with E-state index in [1.54, 1.807) is 24.3 Å². The third-order valence-electron chi connectivity index (χ3n) is 3.89. The molecular weight excluding hydrogens is 364 g/mol. The van der Waals surface area contributed by atoms with Crippen molar-refractivity contribution in [1.29, 1.82) is 0 Å². The highest BCUT2D eigenvalue weighted by Gasteiger charge is 2.07. The zero-order valence-corrected chi connectivity index (χ0v) is 16.4. The first-order chi connectivity index (χ1) is 12.9. The van der Waals surface area contributed by atoms with Crippen molar-refractivity contribution in [2.75, 3.05) is 11.9 Å². The van der Waals surface area contributed by atoms with E-state index >= 15 is 0 Å². The van der Waals surface area contributed by atoms with Crippen LogP contribution in [0.4, 0.5) is 5.69 Å². The highest BCUT2D eigenvalue weighted by Crippen LogP contribution is 2.20. The molecule has 2 aromatic rings. The third kappa shape index (κ3) is 7.71. The summed E-state index contributed by atoms with van der Waals surface area (Å²) < 4.78 is 5.70. The van der Waals surface area contributed by atoms with Gasteiger partial charge < -0.3 is 15.4 Å². The second-order valence-corrected chi connectivity index (χ2v) is 7.07. The number of hydrogen-bond acceptors (Lipinski definition) is 3. The summed E-state index contributed by atoms with van der Waals surface area (Å²) in [5, 5.41) is 6.03. The van der Waals surface area contributed by atoms with Crippen LogP contribution in [0.15, 0.2) is 48.5 Å². The molecule has 0 atom stereocenters. The van der Waals surface area contributed by atoms with Crippen LogP contribution >= 0.6 is 11.6 Å². The maximum atomic E-state index is 11.9. The molecule has 0 spiro atoms. The van der Waals surface area contributed by atoms with Crippen molar-refractivity contribution in [3.05, 3.63) is 59.1 Å². The van der Waals surface area contributed by atoms with Crippen molar-refractivity contribution in [3.63, 3.8) is 0 Å². The number of nitrogens with one attached hydrogen (secondary N) is 2. The summed E-state index contributed by atoms with van der Waals surface area (Å²) in [6.45, 7) is 4.44. The monoisotopic (exact) mass is 388 g/mol. The molecular formula is C21H25ClN2O3. The lowest BCUT2D eigenvalue weighted by Crippen LogP contribution is -2.32. The molecule has 0 heterocycles. The third-order valence-corrected chi connectivity index (χ3v) is 4.25. The zero-order valence-electron chi connectivity index (χ0n) is 15.6. The lowest BCUT2D eigenvalue weighted by atomic mass is 10.1. The van der Waals surface area contributed by atoms with Gasteiger partial charge in [0, 0.05) is 22.7 Å². The number of ether oxygens (including phenoxy) is 1.